The molecule has 1 saturated heterocycles. The van der Waals surface area contributed by atoms with Crippen molar-refractivity contribution < 1.29 is 14.7 Å². The Morgan fingerprint density at radius 1 is 1.21 bits per heavy atom. The van der Waals surface area contributed by atoms with Crippen molar-refractivity contribution in [1.82, 2.24) is 9.88 Å². The maximum absolute atomic E-state index is 13.1. The first-order chi connectivity index (χ1) is 11.5. The molecule has 5 nitrogen and oxygen atoms in total. The van der Waals surface area contributed by atoms with E-state index in [0.717, 1.165) is 42.1 Å². The van der Waals surface area contributed by atoms with E-state index in [-0.39, 0.29) is 11.9 Å². The first kappa shape index (κ1) is 15.2. The van der Waals surface area contributed by atoms with Gasteiger partial charge >= 0.3 is 5.97 Å². The van der Waals surface area contributed by atoms with Gasteiger partial charge in [-0.15, -0.1) is 0 Å². The molecule has 2 N–H and O–H groups in total. The largest absolute Gasteiger partial charge is 0.480 e. The number of aryl methyl sites for hydroxylation is 1. The molecule has 3 unspecified atom stereocenters. The molecule has 0 spiro atoms. The quantitative estimate of drug-likeness (QED) is 0.889. The van der Waals surface area contributed by atoms with Gasteiger partial charge in [0, 0.05) is 16.9 Å². The number of carbonyl (C=O) groups excluding carboxylic acids is 1. The van der Waals surface area contributed by atoms with Gasteiger partial charge in [0.2, 0.25) is 0 Å². The molecule has 126 valence electrons. The topological polar surface area (TPSA) is 73.4 Å². The van der Waals surface area contributed by atoms with Gasteiger partial charge in [-0.25, -0.2) is 4.79 Å². The maximum Gasteiger partial charge on any atom is 0.326 e. The molecule has 1 aliphatic heterocycles. The lowest BCUT2D eigenvalue weighted by Crippen LogP contribution is -2.46. The zero-order valence-electron chi connectivity index (χ0n) is 13.8. The van der Waals surface area contributed by atoms with Crippen molar-refractivity contribution >= 4 is 22.8 Å². The van der Waals surface area contributed by atoms with Crippen molar-refractivity contribution in [2.24, 2.45) is 5.92 Å². The summed E-state index contributed by atoms with van der Waals surface area (Å²) in [5.74, 6) is -0.731. The number of amides is 1. The molecule has 5 heteroatoms. The van der Waals surface area contributed by atoms with Gasteiger partial charge in [-0.05, 0) is 49.8 Å². The Kier molecular flexibility index (Phi) is 3.59. The minimum Gasteiger partial charge on any atom is -0.480 e. The number of nitrogens with one attached hydrogen (secondary N) is 1. The van der Waals surface area contributed by atoms with Crippen LogP contribution in [-0.4, -0.2) is 39.0 Å². The van der Waals surface area contributed by atoms with E-state index in [1.807, 2.05) is 31.2 Å². The predicted octanol–water partition coefficient (Wildman–Crippen LogP) is 3.33. The molecule has 2 aliphatic rings. The van der Waals surface area contributed by atoms with Crippen molar-refractivity contribution in [3.8, 4) is 0 Å². The number of carbonyl (C=O) groups is 2. The zero-order valence-corrected chi connectivity index (χ0v) is 13.8. The van der Waals surface area contributed by atoms with Crippen molar-refractivity contribution in [2.75, 3.05) is 0 Å². The molecule has 1 amide bonds. The smallest absolute Gasteiger partial charge is 0.326 e. The molecule has 2 heterocycles. The lowest BCUT2D eigenvalue weighted by atomic mass is 9.84. The standard InChI is InChI=1S/C19H22N2O3/c1-11-6-7-12-9-15(20-14(12)8-11)18(22)21-16-5-3-2-4-13(16)10-17(21)19(23)24/h6-9,13,16-17,20H,2-5,10H2,1H3,(H,23,24). The molecule has 4 rings (SSSR count). The molecule has 1 aromatic carbocycles. The second-order valence-corrected chi connectivity index (χ2v) is 7.19. The summed E-state index contributed by atoms with van der Waals surface area (Å²) in [4.78, 5) is 29.6. The molecule has 1 aromatic heterocycles. The number of rotatable bonds is 2. The third-order valence-corrected chi connectivity index (χ3v) is 5.62. The molecule has 2 fully saturated rings. The van der Waals surface area contributed by atoms with E-state index in [1.165, 1.54) is 0 Å². The van der Waals surface area contributed by atoms with Crippen LogP contribution in [0.1, 0.15) is 48.2 Å². The van der Waals surface area contributed by atoms with E-state index in [9.17, 15) is 14.7 Å². The van der Waals surface area contributed by atoms with Crippen LogP contribution >= 0.6 is 0 Å². The Morgan fingerprint density at radius 3 is 2.79 bits per heavy atom. The molecule has 1 aliphatic carbocycles. The van der Waals surface area contributed by atoms with Gasteiger partial charge in [0.25, 0.3) is 5.91 Å². The Balaban J connectivity index is 1.70. The minimum absolute atomic E-state index is 0.0699. The van der Waals surface area contributed by atoms with Crippen LogP contribution in [0.15, 0.2) is 24.3 Å². The Morgan fingerprint density at radius 2 is 2.00 bits per heavy atom. The molecule has 24 heavy (non-hydrogen) atoms. The highest BCUT2D eigenvalue weighted by molar-refractivity contribution is 6.00. The molecular formula is C19H22N2O3. The Hall–Kier alpha value is -2.30. The number of H-pyrrole nitrogens is 1. The van der Waals surface area contributed by atoms with Crippen LogP contribution in [0.4, 0.5) is 0 Å². The normalized spacial score (nSPS) is 26.5. The summed E-state index contributed by atoms with van der Waals surface area (Å²) in [6.07, 6.45) is 4.75. The van der Waals surface area contributed by atoms with Crippen LogP contribution in [0.3, 0.4) is 0 Å². The number of hydrogen-bond acceptors (Lipinski definition) is 2. The third kappa shape index (κ3) is 2.39. The number of fused-ring (bicyclic) bond motifs is 2. The summed E-state index contributed by atoms with van der Waals surface area (Å²) in [5.41, 5.74) is 2.54. The monoisotopic (exact) mass is 326 g/mol. The van der Waals surface area contributed by atoms with Gasteiger partial charge in [-0.1, -0.05) is 25.0 Å². The Bertz CT molecular complexity index is 810. The summed E-state index contributed by atoms with van der Waals surface area (Å²) in [5, 5.41) is 10.6. The van der Waals surface area contributed by atoms with Crippen LogP contribution < -0.4 is 0 Å². The lowest BCUT2D eigenvalue weighted by molar-refractivity contribution is -0.141. The van der Waals surface area contributed by atoms with E-state index in [0.29, 0.717) is 18.0 Å². The van der Waals surface area contributed by atoms with Gasteiger partial charge in [0.1, 0.15) is 11.7 Å². The highest BCUT2D eigenvalue weighted by Crippen LogP contribution is 2.40. The van der Waals surface area contributed by atoms with E-state index in [4.69, 9.17) is 0 Å². The fraction of sp³-hybridized carbons (Fsp3) is 0.474. The number of nitrogens with zero attached hydrogens (tertiary/aromatic N) is 1. The molecule has 0 bridgehead atoms. The fourth-order valence-electron chi connectivity index (χ4n) is 4.47. The molecule has 0 radical (unpaired) electrons. The molecule has 3 atom stereocenters. The van der Waals surface area contributed by atoms with Crippen molar-refractivity contribution in [2.45, 2.75) is 51.1 Å². The van der Waals surface area contributed by atoms with Gasteiger partial charge in [-0.2, -0.15) is 0 Å². The fourth-order valence-corrected chi connectivity index (χ4v) is 4.47. The summed E-state index contributed by atoms with van der Waals surface area (Å²) in [6.45, 7) is 2.01. The first-order valence-electron chi connectivity index (χ1n) is 8.69. The van der Waals surface area contributed by atoms with Gasteiger partial charge in [-0.3, -0.25) is 4.79 Å². The second kappa shape index (κ2) is 5.65. The Labute approximate surface area is 140 Å². The number of aliphatic carboxylic acids is 1. The van der Waals surface area contributed by atoms with Crippen LogP contribution in [0.2, 0.25) is 0 Å². The SMILES string of the molecule is Cc1ccc2cc(C(=O)N3C(C(=O)O)CC4CCCCC43)[nH]c2c1. The summed E-state index contributed by atoms with van der Waals surface area (Å²) >= 11 is 0. The number of benzene rings is 1. The lowest BCUT2D eigenvalue weighted by Gasteiger charge is -2.32. The van der Waals surface area contributed by atoms with E-state index in [2.05, 4.69) is 4.98 Å². The van der Waals surface area contributed by atoms with Gasteiger partial charge in [0.05, 0.1) is 0 Å². The number of aromatic nitrogens is 1. The number of hydrogen-bond donors (Lipinski definition) is 2. The van der Waals surface area contributed by atoms with Gasteiger partial charge < -0.3 is 15.0 Å². The highest BCUT2D eigenvalue weighted by atomic mass is 16.4. The van der Waals surface area contributed by atoms with Crippen LogP contribution in [0.5, 0.6) is 0 Å². The number of likely N-dealkylation sites (tertiary alicyclic amines) is 1. The van der Waals surface area contributed by atoms with E-state index in [1.54, 1.807) is 4.90 Å². The van der Waals surface area contributed by atoms with E-state index < -0.39 is 12.0 Å². The predicted molar refractivity (Wildman–Crippen MR) is 91.0 cm³/mol. The average Bonchev–Trinajstić information content (AvgIpc) is 3.15. The van der Waals surface area contributed by atoms with Crippen molar-refractivity contribution in [1.29, 1.82) is 0 Å². The second-order valence-electron chi connectivity index (χ2n) is 7.19. The highest BCUT2D eigenvalue weighted by Gasteiger charge is 2.47. The van der Waals surface area contributed by atoms with Crippen LogP contribution in [-0.2, 0) is 4.79 Å². The summed E-state index contributed by atoms with van der Waals surface area (Å²) in [6, 6.07) is 7.22. The maximum atomic E-state index is 13.1. The summed E-state index contributed by atoms with van der Waals surface area (Å²) < 4.78 is 0. The first-order valence-corrected chi connectivity index (χ1v) is 8.69. The van der Waals surface area contributed by atoms with Crippen LogP contribution in [0.25, 0.3) is 10.9 Å². The number of aromatic amines is 1. The third-order valence-electron chi connectivity index (χ3n) is 5.62. The van der Waals surface area contributed by atoms with Crippen molar-refractivity contribution in [3.05, 3.63) is 35.5 Å². The zero-order chi connectivity index (χ0) is 16.8. The minimum atomic E-state index is -0.885. The van der Waals surface area contributed by atoms with Gasteiger partial charge in [0.15, 0.2) is 0 Å². The van der Waals surface area contributed by atoms with Crippen LogP contribution in [0, 0.1) is 12.8 Å². The molecule has 2 aromatic rings. The summed E-state index contributed by atoms with van der Waals surface area (Å²) in [7, 11) is 0. The average molecular weight is 326 g/mol. The van der Waals surface area contributed by atoms with Crippen molar-refractivity contribution in [3.63, 3.8) is 0 Å². The molecule has 1 saturated carbocycles. The molecular weight excluding hydrogens is 304 g/mol. The number of carboxylic acid groups (broad SMARTS) is 1. The van der Waals surface area contributed by atoms with E-state index >= 15 is 0 Å². The number of carboxylic acids is 1.